The number of aliphatic hydroxyl groups excluding tert-OH is 1. The Morgan fingerprint density at radius 3 is 2.64 bits per heavy atom. The molecule has 3 heteroatoms. The lowest BCUT2D eigenvalue weighted by atomic mass is 10.0. The number of unbranched alkanes of at least 4 members (excludes halogenated alkanes) is 2. The third-order valence-corrected chi connectivity index (χ3v) is 3.72. The molecule has 2 aromatic rings. The van der Waals surface area contributed by atoms with Gasteiger partial charge in [0.05, 0.1) is 12.7 Å². The lowest BCUT2D eigenvalue weighted by Gasteiger charge is -2.11. The lowest BCUT2D eigenvalue weighted by Crippen LogP contribution is -2.00. The van der Waals surface area contributed by atoms with Crippen LogP contribution < -0.4 is 4.74 Å². The molecule has 1 atom stereocenters. The van der Waals surface area contributed by atoms with Crippen molar-refractivity contribution in [1.29, 1.82) is 0 Å². The fraction of sp³-hybridized carbons (Fsp3) is 0.421. The predicted molar refractivity (Wildman–Crippen MR) is 89.0 cm³/mol. The Morgan fingerprint density at radius 1 is 1.14 bits per heavy atom. The van der Waals surface area contributed by atoms with Gasteiger partial charge in [0.2, 0.25) is 0 Å². The summed E-state index contributed by atoms with van der Waals surface area (Å²) in [6, 6.07) is 11.9. The van der Waals surface area contributed by atoms with E-state index in [0.717, 1.165) is 30.8 Å². The molecule has 1 unspecified atom stereocenters. The molecule has 1 N–H and O–H groups in total. The van der Waals surface area contributed by atoms with Gasteiger partial charge in [0, 0.05) is 12.4 Å². The maximum Gasteiger partial charge on any atom is 0.119 e. The summed E-state index contributed by atoms with van der Waals surface area (Å²) in [5, 5.41) is 10.1. The first-order valence-electron chi connectivity index (χ1n) is 8.09. The molecule has 1 aromatic carbocycles. The monoisotopic (exact) mass is 299 g/mol. The second kappa shape index (κ2) is 9.21. The fourth-order valence-corrected chi connectivity index (χ4v) is 2.34. The molecule has 0 bridgehead atoms. The quantitative estimate of drug-likeness (QED) is 0.701. The van der Waals surface area contributed by atoms with E-state index in [1.54, 1.807) is 12.4 Å². The van der Waals surface area contributed by atoms with E-state index in [4.69, 9.17) is 4.74 Å². The second-order valence-corrected chi connectivity index (χ2v) is 5.54. The molecular weight excluding hydrogens is 274 g/mol. The van der Waals surface area contributed by atoms with Gasteiger partial charge in [-0.05, 0) is 48.6 Å². The summed E-state index contributed by atoms with van der Waals surface area (Å²) in [5.74, 6) is 0.924. The summed E-state index contributed by atoms with van der Waals surface area (Å²) in [6.07, 6.45) is 8.04. The first-order chi connectivity index (χ1) is 10.8. The molecule has 0 spiro atoms. The Morgan fingerprint density at radius 2 is 1.95 bits per heavy atom. The van der Waals surface area contributed by atoms with Crippen molar-refractivity contribution in [3.63, 3.8) is 0 Å². The van der Waals surface area contributed by atoms with Crippen molar-refractivity contribution in [2.75, 3.05) is 6.61 Å². The Hall–Kier alpha value is -1.87. The number of ether oxygens (including phenoxy) is 1. The van der Waals surface area contributed by atoms with E-state index in [1.807, 2.05) is 24.3 Å². The number of nitrogens with zero attached hydrogens (tertiary/aromatic N) is 1. The molecule has 0 amide bonds. The van der Waals surface area contributed by atoms with Crippen molar-refractivity contribution < 1.29 is 9.84 Å². The van der Waals surface area contributed by atoms with Crippen LogP contribution in [0, 0.1) is 0 Å². The molecule has 0 fully saturated rings. The first kappa shape index (κ1) is 16.5. The Bertz CT molecular complexity index is 525. The van der Waals surface area contributed by atoms with E-state index in [9.17, 15) is 5.11 Å². The summed E-state index contributed by atoms with van der Waals surface area (Å²) < 4.78 is 5.70. The molecule has 2 rings (SSSR count). The van der Waals surface area contributed by atoms with Crippen LogP contribution >= 0.6 is 0 Å². The maximum atomic E-state index is 10.1. The number of pyridine rings is 1. The third kappa shape index (κ3) is 5.49. The van der Waals surface area contributed by atoms with Gasteiger partial charge < -0.3 is 9.84 Å². The molecule has 1 aromatic heterocycles. The molecule has 3 nitrogen and oxygen atoms in total. The van der Waals surface area contributed by atoms with Crippen molar-refractivity contribution in [3.05, 3.63) is 59.9 Å². The van der Waals surface area contributed by atoms with Gasteiger partial charge in [0.25, 0.3) is 0 Å². The van der Waals surface area contributed by atoms with Gasteiger partial charge >= 0.3 is 0 Å². The highest BCUT2D eigenvalue weighted by atomic mass is 16.5. The average molecular weight is 299 g/mol. The number of hydrogen-bond donors (Lipinski definition) is 1. The van der Waals surface area contributed by atoms with E-state index in [-0.39, 0.29) is 0 Å². The van der Waals surface area contributed by atoms with E-state index in [0.29, 0.717) is 6.42 Å². The van der Waals surface area contributed by atoms with Crippen molar-refractivity contribution in [2.24, 2.45) is 0 Å². The maximum absolute atomic E-state index is 10.1. The SMILES string of the molecule is CCCCCOc1ccc(CCC(O)c2cccnc2)cc1. The summed E-state index contributed by atoms with van der Waals surface area (Å²) in [6.45, 7) is 2.97. The van der Waals surface area contributed by atoms with Gasteiger partial charge in [-0.2, -0.15) is 0 Å². The molecule has 22 heavy (non-hydrogen) atoms. The van der Waals surface area contributed by atoms with Crippen molar-refractivity contribution >= 4 is 0 Å². The van der Waals surface area contributed by atoms with Gasteiger partial charge in [-0.15, -0.1) is 0 Å². The molecule has 0 saturated carbocycles. The average Bonchev–Trinajstić information content (AvgIpc) is 2.58. The zero-order chi connectivity index (χ0) is 15.6. The molecule has 118 valence electrons. The van der Waals surface area contributed by atoms with Crippen LogP contribution in [0.15, 0.2) is 48.8 Å². The van der Waals surface area contributed by atoms with Crippen molar-refractivity contribution in [3.8, 4) is 5.75 Å². The predicted octanol–water partition coefficient (Wildman–Crippen LogP) is 4.32. The van der Waals surface area contributed by atoms with Gasteiger partial charge in [-0.25, -0.2) is 0 Å². The summed E-state index contributed by atoms with van der Waals surface area (Å²) >= 11 is 0. The summed E-state index contributed by atoms with van der Waals surface area (Å²) in [7, 11) is 0. The molecule has 0 aliphatic heterocycles. The molecule has 0 radical (unpaired) electrons. The van der Waals surface area contributed by atoms with E-state index in [1.165, 1.54) is 18.4 Å². The van der Waals surface area contributed by atoms with Crippen LogP contribution in [0.4, 0.5) is 0 Å². The van der Waals surface area contributed by atoms with E-state index >= 15 is 0 Å². The van der Waals surface area contributed by atoms with Crippen molar-refractivity contribution in [1.82, 2.24) is 4.98 Å². The summed E-state index contributed by atoms with van der Waals surface area (Å²) in [4.78, 5) is 4.04. The number of aryl methyl sites for hydroxylation is 1. The van der Waals surface area contributed by atoms with Crippen LogP contribution in [0.1, 0.15) is 49.8 Å². The molecule has 1 heterocycles. The minimum atomic E-state index is -0.460. The Labute approximate surface area is 133 Å². The molecule has 0 aliphatic rings. The summed E-state index contributed by atoms with van der Waals surface area (Å²) in [5.41, 5.74) is 2.09. The van der Waals surface area contributed by atoms with Crippen LogP contribution in [0.5, 0.6) is 5.75 Å². The second-order valence-electron chi connectivity index (χ2n) is 5.54. The van der Waals surface area contributed by atoms with Crippen LogP contribution in [0.2, 0.25) is 0 Å². The minimum absolute atomic E-state index is 0.460. The fourth-order valence-electron chi connectivity index (χ4n) is 2.34. The highest BCUT2D eigenvalue weighted by Crippen LogP contribution is 2.19. The first-order valence-corrected chi connectivity index (χ1v) is 8.09. The van der Waals surface area contributed by atoms with Crippen LogP contribution in [0.25, 0.3) is 0 Å². The van der Waals surface area contributed by atoms with Crippen LogP contribution in [-0.2, 0) is 6.42 Å². The third-order valence-electron chi connectivity index (χ3n) is 3.72. The van der Waals surface area contributed by atoms with Gasteiger partial charge in [0.15, 0.2) is 0 Å². The lowest BCUT2D eigenvalue weighted by molar-refractivity contribution is 0.167. The highest BCUT2D eigenvalue weighted by Gasteiger charge is 2.07. The standard InChI is InChI=1S/C19H25NO2/c1-2-3-4-14-22-18-10-7-16(8-11-18)9-12-19(21)17-6-5-13-20-15-17/h5-8,10-11,13,15,19,21H,2-4,9,12,14H2,1H3. The van der Waals surface area contributed by atoms with Crippen LogP contribution in [-0.4, -0.2) is 16.7 Å². The number of hydrogen-bond acceptors (Lipinski definition) is 3. The number of aromatic nitrogens is 1. The molecular formula is C19H25NO2. The van der Waals surface area contributed by atoms with Gasteiger partial charge in [-0.3, -0.25) is 4.98 Å². The molecule has 0 aliphatic carbocycles. The highest BCUT2D eigenvalue weighted by molar-refractivity contribution is 5.27. The van der Waals surface area contributed by atoms with Crippen LogP contribution in [0.3, 0.4) is 0 Å². The largest absolute Gasteiger partial charge is 0.494 e. The normalized spacial score (nSPS) is 12.1. The van der Waals surface area contributed by atoms with Crippen molar-refractivity contribution in [2.45, 2.75) is 45.1 Å². The zero-order valence-electron chi connectivity index (χ0n) is 13.2. The Balaban J connectivity index is 1.76. The number of benzene rings is 1. The topological polar surface area (TPSA) is 42.4 Å². The van der Waals surface area contributed by atoms with Gasteiger partial charge in [-0.1, -0.05) is 38.0 Å². The van der Waals surface area contributed by atoms with Gasteiger partial charge in [0.1, 0.15) is 5.75 Å². The zero-order valence-corrected chi connectivity index (χ0v) is 13.2. The number of rotatable bonds is 9. The Kier molecular flexibility index (Phi) is 6.91. The van der Waals surface area contributed by atoms with E-state index < -0.39 is 6.10 Å². The molecule has 0 saturated heterocycles. The minimum Gasteiger partial charge on any atom is -0.494 e. The van der Waals surface area contributed by atoms with E-state index in [2.05, 4.69) is 24.0 Å². The number of aliphatic hydroxyl groups is 1. The smallest absolute Gasteiger partial charge is 0.119 e.